The quantitative estimate of drug-likeness (QED) is 0.671. The van der Waals surface area contributed by atoms with Crippen molar-refractivity contribution in [2.45, 2.75) is 38.3 Å². The lowest BCUT2D eigenvalue weighted by Crippen LogP contribution is -2.68. The first kappa shape index (κ1) is 20.2. The maximum absolute atomic E-state index is 13.9. The zero-order valence-corrected chi connectivity index (χ0v) is 18.6. The maximum atomic E-state index is 13.9. The molecule has 4 atom stereocenters. The molecule has 1 aromatic heterocycles. The van der Waals surface area contributed by atoms with E-state index in [0.717, 1.165) is 12.8 Å². The molecule has 4 amide bonds. The highest BCUT2D eigenvalue weighted by atomic mass is 16.3. The van der Waals surface area contributed by atoms with Gasteiger partial charge in [0, 0.05) is 6.54 Å². The first-order chi connectivity index (χ1) is 15.8. The first-order valence-electron chi connectivity index (χ1n) is 11.4. The number of rotatable bonds is 4. The zero-order chi connectivity index (χ0) is 23.1. The van der Waals surface area contributed by atoms with Crippen molar-refractivity contribution in [3.05, 3.63) is 54.0 Å². The van der Waals surface area contributed by atoms with Crippen LogP contribution in [-0.4, -0.2) is 52.1 Å². The van der Waals surface area contributed by atoms with Crippen molar-refractivity contribution < 1.29 is 23.6 Å². The Morgan fingerprint density at radius 1 is 1.00 bits per heavy atom. The van der Waals surface area contributed by atoms with Gasteiger partial charge in [0.25, 0.3) is 0 Å². The highest BCUT2D eigenvalue weighted by molar-refractivity contribution is 6.25. The highest BCUT2D eigenvalue weighted by Gasteiger charge is 2.73. The molecular formula is C25H25N3O5. The van der Waals surface area contributed by atoms with Crippen LogP contribution in [0.3, 0.4) is 0 Å². The standard InChI is InChI=1S/C25H25N3O5/c1-14-8-11-17(33-14)21-19-20(23(31)27(22(19)30)16-6-4-3-5-7-16)25(2)24(32)26(12-15-9-10-15)13-18(29)28(21)25/h3-8,11,15,19-21H,9-10,12-13H2,1-2H3/t19?,20?,21?,25-/m1/s1. The molecule has 0 bridgehead atoms. The van der Waals surface area contributed by atoms with Crippen molar-refractivity contribution in [2.24, 2.45) is 17.8 Å². The van der Waals surface area contributed by atoms with Crippen LogP contribution < -0.4 is 4.90 Å². The summed E-state index contributed by atoms with van der Waals surface area (Å²) in [4.78, 5) is 59.2. The molecule has 4 fully saturated rings. The number of piperazine rings is 1. The highest BCUT2D eigenvalue weighted by Crippen LogP contribution is 2.57. The van der Waals surface area contributed by atoms with Gasteiger partial charge in [0.1, 0.15) is 23.1 Å². The van der Waals surface area contributed by atoms with Crippen LogP contribution in [0.25, 0.3) is 0 Å². The van der Waals surface area contributed by atoms with E-state index in [9.17, 15) is 19.2 Å². The van der Waals surface area contributed by atoms with Crippen LogP contribution in [0.15, 0.2) is 46.9 Å². The summed E-state index contributed by atoms with van der Waals surface area (Å²) in [7, 11) is 0. The van der Waals surface area contributed by atoms with E-state index in [1.54, 1.807) is 55.1 Å². The monoisotopic (exact) mass is 447 g/mol. The van der Waals surface area contributed by atoms with Gasteiger partial charge in [-0.2, -0.15) is 0 Å². The van der Waals surface area contributed by atoms with Gasteiger partial charge in [-0.1, -0.05) is 18.2 Å². The molecule has 4 aliphatic rings. The maximum Gasteiger partial charge on any atom is 0.249 e. The Morgan fingerprint density at radius 3 is 2.36 bits per heavy atom. The molecule has 0 radical (unpaired) electrons. The van der Waals surface area contributed by atoms with Crippen LogP contribution in [0, 0.1) is 24.7 Å². The molecule has 0 N–H and O–H groups in total. The third kappa shape index (κ3) is 2.69. The van der Waals surface area contributed by atoms with E-state index in [1.165, 1.54) is 9.80 Å². The smallest absolute Gasteiger partial charge is 0.249 e. The predicted molar refractivity (Wildman–Crippen MR) is 117 cm³/mol. The molecule has 3 unspecified atom stereocenters. The van der Waals surface area contributed by atoms with Gasteiger partial charge < -0.3 is 14.2 Å². The number of hydrogen-bond donors (Lipinski definition) is 0. The summed E-state index contributed by atoms with van der Waals surface area (Å²) in [5.41, 5.74) is -0.980. The Kier molecular flexibility index (Phi) is 4.16. The van der Waals surface area contributed by atoms with Gasteiger partial charge in [-0.25, -0.2) is 4.90 Å². The van der Waals surface area contributed by atoms with Crippen LogP contribution in [0.4, 0.5) is 5.69 Å². The lowest BCUT2D eigenvalue weighted by atomic mass is 9.79. The predicted octanol–water partition coefficient (Wildman–Crippen LogP) is 2.29. The Hall–Kier alpha value is -3.42. The second-order valence-electron chi connectivity index (χ2n) is 9.78. The van der Waals surface area contributed by atoms with Gasteiger partial charge in [0.2, 0.25) is 23.6 Å². The second kappa shape index (κ2) is 6.79. The topological polar surface area (TPSA) is 91.1 Å². The van der Waals surface area contributed by atoms with Crippen LogP contribution in [0.1, 0.15) is 37.3 Å². The Balaban J connectivity index is 1.50. The van der Waals surface area contributed by atoms with E-state index in [0.29, 0.717) is 29.7 Å². The molecule has 4 heterocycles. The molecule has 3 saturated heterocycles. The number of imide groups is 1. The molecule has 0 spiro atoms. The number of furan rings is 1. The van der Waals surface area contributed by atoms with Gasteiger partial charge in [-0.15, -0.1) is 0 Å². The molecular weight excluding hydrogens is 422 g/mol. The van der Waals surface area contributed by atoms with E-state index < -0.39 is 35.2 Å². The summed E-state index contributed by atoms with van der Waals surface area (Å²) in [5.74, 6) is -1.74. The summed E-state index contributed by atoms with van der Waals surface area (Å²) in [6.45, 7) is 3.92. The molecule has 6 rings (SSSR count). The van der Waals surface area contributed by atoms with E-state index in [1.807, 2.05) is 6.07 Å². The minimum atomic E-state index is -1.45. The van der Waals surface area contributed by atoms with Crippen molar-refractivity contribution in [3.8, 4) is 0 Å². The molecule has 1 saturated carbocycles. The molecule has 8 nitrogen and oxygen atoms in total. The van der Waals surface area contributed by atoms with Gasteiger partial charge in [-0.3, -0.25) is 19.2 Å². The average Bonchev–Trinajstić information content (AvgIpc) is 3.33. The van der Waals surface area contributed by atoms with Crippen molar-refractivity contribution in [3.63, 3.8) is 0 Å². The van der Waals surface area contributed by atoms with E-state index in [-0.39, 0.29) is 18.4 Å². The summed E-state index contributed by atoms with van der Waals surface area (Å²) in [6.07, 6.45) is 2.08. The molecule has 3 aliphatic heterocycles. The number of hydrogen-bond acceptors (Lipinski definition) is 5. The summed E-state index contributed by atoms with van der Waals surface area (Å²) in [6, 6.07) is 11.4. The molecule has 1 aliphatic carbocycles. The summed E-state index contributed by atoms with van der Waals surface area (Å²) >= 11 is 0. The van der Waals surface area contributed by atoms with Crippen LogP contribution >= 0.6 is 0 Å². The van der Waals surface area contributed by atoms with Gasteiger partial charge in [0.15, 0.2) is 0 Å². The molecule has 33 heavy (non-hydrogen) atoms. The minimum Gasteiger partial charge on any atom is -0.464 e. The van der Waals surface area contributed by atoms with Crippen molar-refractivity contribution in [1.29, 1.82) is 0 Å². The molecule has 8 heteroatoms. The number of carbonyl (C=O) groups is 4. The average molecular weight is 447 g/mol. The Bertz CT molecular complexity index is 1190. The zero-order valence-electron chi connectivity index (χ0n) is 18.6. The summed E-state index contributed by atoms with van der Waals surface area (Å²) in [5, 5.41) is 0. The van der Waals surface area contributed by atoms with Crippen LogP contribution in [0.2, 0.25) is 0 Å². The van der Waals surface area contributed by atoms with Gasteiger partial charge in [0.05, 0.1) is 24.1 Å². The number of fused-ring (bicyclic) bond motifs is 3. The van der Waals surface area contributed by atoms with Crippen LogP contribution in [-0.2, 0) is 19.2 Å². The van der Waals surface area contributed by atoms with Crippen molar-refractivity contribution in [1.82, 2.24) is 9.80 Å². The fourth-order valence-corrected chi connectivity index (χ4v) is 5.99. The molecule has 170 valence electrons. The Morgan fingerprint density at radius 2 is 1.73 bits per heavy atom. The number of carbonyl (C=O) groups excluding carboxylic acids is 4. The van der Waals surface area contributed by atoms with Crippen LogP contribution in [0.5, 0.6) is 0 Å². The fourth-order valence-electron chi connectivity index (χ4n) is 5.99. The van der Waals surface area contributed by atoms with Gasteiger partial charge in [-0.05, 0) is 56.9 Å². The fraction of sp³-hybridized carbons (Fsp3) is 0.440. The molecule has 2 aromatic rings. The number of para-hydroxylation sites is 1. The van der Waals surface area contributed by atoms with Crippen molar-refractivity contribution in [2.75, 3.05) is 18.0 Å². The summed E-state index contributed by atoms with van der Waals surface area (Å²) < 4.78 is 5.88. The lowest BCUT2D eigenvalue weighted by Gasteiger charge is -2.46. The van der Waals surface area contributed by atoms with Gasteiger partial charge >= 0.3 is 0 Å². The van der Waals surface area contributed by atoms with E-state index in [2.05, 4.69) is 0 Å². The SMILES string of the molecule is Cc1ccc(C2C3C(=O)N(c4ccccc4)C(=O)C3[C@]3(C)C(=O)N(CC4CC4)CC(=O)N23)o1. The Labute approximate surface area is 191 Å². The minimum absolute atomic E-state index is 0.0364. The number of anilines is 1. The second-order valence-corrected chi connectivity index (χ2v) is 9.78. The third-order valence-corrected chi connectivity index (χ3v) is 7.63. The number of benzene rings is 1. The lowest BCUT2D eigenvalue weighted by molar-refractivity contribution is -0.166. The van der Waals surface area contributed by atoms with E-state index >= 15 is 0 Å². The largest absolute Gasteiger partial charge is 0.464 e. The van der Waals surface area contributed by atoms with Crippen molar-refractivity contribution >= 4 is 29.3 Å². The molecule has 1 aromatic carbocycles. The third-order valence-electron chi connectivity index (χ3n) is 7.63. The first-order valence-corrected chi connectivity index (χ1v) is 11.4. The number of nitrogens with zero attached hydrogens (tertiary/aromatic N) is 3. The van der Waals surface area contributed by atoms with E-state index in [4.69, 9.17) is 4.42 Å². The normalized spacial score (nSPS) is 31.5. The number of amides is 4. The number of aryl methyl sites for hydroxylation is 1.